The van der Waals surface area contributed by atoms with Crippen molar-refractivity contribution in [3.05, 3.63) is 83.9 Å². The summed E-state index contributed by atoms with van der Waals surface area (Å²) in [5.74, 6) is 0.101. The number of benzene rings is 3. The highest BCUT2D eigenvalue weighted by molar-refractivity contribution is 7.22. The summed E-state index contributed by atoms with van der Waals surface area (Å²) in [6.07, 6.45) is 3.22. The second kappa shape index (κ2) is 9.35. The molecule has 0 spiro atoms. The minimum Gasteiger partial charge on any atom is -0.493 e. The Morgan fingerprint density at radius 3 is 2.71 bits per heavy atom. The first-order valence-electron chi connectivity index (χ1n) is 11.2. The molecule has 176 valence electrons. The average molecular weight is 487 g/mol. The van der Waals surface area contributed by atoms with E-state index in [0.29, 0.717) is 23.1 Å². The number of aryl methyl sites for hydroxylation is 1. The van der Waals surface area contributed by atoms with Crippen LogP contribution in [-0.4, -0.2) is 17.5 Å². The second-order valence-corrected chi connectivity index (χ2v) is 9.18. The first kappa shape index (κ1) is 22.8. The Balaban J connectivity index is 1.54. The smallest absolute Gasteiger partial charge is 0.250 e. The summed E-state index contributed by atoms with van der Waals surface area (Å²) < 4.78 is 26.3. The Kier molecular flexibility index (Phi) is 6.09. The largest absolute Gasteiger partial charge is 0.493 e. The van der Waals surface area contributed by atoms with Crippen LogP contribution < -0.4 is 10.1 Å². The van der Waals surface area contributed by atoms with E-state index < -0.39 is 0 Å². The lowest BCUT2D eigenvalue weighted by Gasteiger charge is -2.15. The standard InChI is InChI=1S/C28H23FN2O3S/c1-4-33-26-17(3)27-21(22(15-34-27)18-9-11-19(29)12-10-18)14-20(26)16(2)13-25(32)31-28-30-23-7-5-6-8-24(23)35-28/h5-15H,4H2,1-3H3,(H,30,31,32)/b16-13+. The molecule has 5 rings (SSSR count). The van der Waals surface area contributed by atoms with Gasteiger partial charge in [0.15, 0.2) is 5.13 Å². The zero-order chi connectivity index (χ0) is 24.5. The molecule has 0 fully saturated rings. The molecule has 0 saturated carbocycles. The Morgan fingerprint density at radius 2 is 1.97 bits per heavy atom. The highest BCUT2D eigenvalue weighted by Gasteiger charge is 2.19. The van der Waals surface area contributed by atoms with Gasteiger partial charge in [0.2, 0.25) is 5.91 Å². The number of aromatic nitrogens is 1. The normalized spacial score (nSPS) is 11.8. The van der Waals surface area contributed by atoms with E-state index in [1.165, 1.54) is 23.5 Å². The van der Waals surface area contributed by atoms with Gasteiger partial charge < -0.3 is 9.15 Å². The molecule has 5 nitrogen and oxygen atoms in total. The van der Waals surface area contributed by atoms with Crippen LogP contribution in [0.3, 0.4) is 0 Å². The maximum Gasteiger partial charge on any atom is 0.250 e. The number of ether oxygens (including phenoxy) is 1. The number of nitrogens with one attached hydrogen (secondary N) is 1. The minimum atomic E-state index is -0.296. The van der Waals surface area contributed by atoms with Crippen LogP contribution in [0.1, 0.15) is 25.0 Å². The number of hydrogen-bond acceptors (Lipinski definition) is 5. The number of rotatable bonds is 6. The van der Waals surface area contributed by atoms with Gasteiger partial charge >= 0.3 is 0 Å². The molecule has 0 radical (unpaired) electrons. The number of anilines is 1. The number of halogens is 1. The van der Waals surface area contributed by atoms with Gasteiger partial charge in [0.25, 0.3) is 0 Å². The quantitative estimate of drug-likeness (QED) is 0.251. The van der Waals surface area contributed by atoms with Crippen LogP contribution in [-0.2, 0) is 4.79 Å². The number of thiazole rings is 1. The highest BCUT2D eigenvalue weighted by Crippen LogP contribution is 2.41. The van der Waals surface area contributed by atoms with Crippen LogP contribution >= 0.6 is 11.3 Å². The lowest BCUT2D eigenvalue weighted by molar-refractivity contribution is -0.111. The number of fused-ring (bicyclic) bond motifs is 2. The molecule has 0 atom stereocenters. The minimum absolute atomic E-state index is 0.271. The van der Waals surface area contributed by atoms with Crippen molar-refractivity contribution >= 4 is 49.1 Å². The van der Waals surface area contributed by atoms with Gasteiger partial charge in [-0.1, -0.05) is 35.6 Å². The number of hydrogen-bond donors (Lipinski definition) is 1. The van der Waals surface area contributed by atoms with Crippen LogP contribution in [0, 0.1) is 12.7 Å². The molecule has 5 aromatic rings. The Hall–Kier alpha value is -3.97. The van der Waals surface area contributed by atoms with Crippen LogP contribution in [0.2, 0.25) is 0 Å². The van der Waals surface area contributed by atoms with Crippen molar-refractivity contribution in [2.24, 2.45) is 0 Å². The topological polar surface area (TPSA) is 64.4 Å². The van der Waals surface area contributed by atoms with Gasteiger partial charge in [-0.15, -0.1) is 0 Å². The van der Waals surface area contributed by atoms with Crippen molar-refractivity contribution in [2.45, 2.75) is 20.8 Å². The van der Waals surface area contributed by atoms with Gasteiger partial charge in [-0.2, -0.15) is 0 Å². The Labute approximate surface area is 205 Å². The zero-order valence-electron chi connectivity index (χ0n) is 19.5. The number of furan rings is 1. The number of nitrogens with zero attached hydrogens (tertiary/aromatic N) is 1. The van der Waals surface area contributed by atoms with Crippen LogP contribution in [0.15, 0.2) is 71.4 Å². The van der Waals surface area contributed by atoms with Crippen LogP contribution in [0.4, 0.5) is 9.52 Å². The zero-order valence-corrected chi connectivity index (χ0v) is 20.3. The van der Waals surface area contributed by atoms with Gasteiger partial charge in [0.05, 0.1) is 23.1 Å². The summed E-state index contributed by atoms with van der Waals surface area (Å²) in [5.41, 5.74) is 5.61. The number of allylic oxidation sites excluding steroid dienone is 1. The molecule has 0 aliphatic rings. The van der Waals surface area contributed by atoms with E-state index in [2.05, 4.69) is 10.3 Å². The molecule has 0 unspecified atom stereocenters. The first-order chi connectivity index (χ1) is 16.9. The third kappa shape index (κ3) is 4.42. The van der Waals surface area contributed by atoms with E-state index in [1.54, 1.807) is 24.5 Å². The van der Waals surface area contributed by atoms with Crippen molar-refractivity contribution in [1.29, 1.82) is 0 Å². The van der Waals surface area contributed by atoms with Gasteiger partial charge in [0.1, 0.15) is 17.1 Å². The van der Waals surface area contributed by atoms with Gasteiger partial charge in [-0.05, 0) is 62.2 Å². The lowest BCUT2D eigenvalue weighted by atomic mass is 9.96. The summed E-state index contributed by atoms with van der Waals surface area (Å²) in [6, 6.07) is 16.0. The van der Waals surface area contributed by atoms with Crippen molar-refractivity contribution in [1.82, 2.24) is 4.98 Å². The fourth-order valence-electron chi connectivity index (χ4n) is 4.13. The van der Waals surface area contributed by atoms with E-state index in [1.807, 2.05) is 51.1 Å². The summed E-state index contributed by atoms with van der Waals surface area (Å²) in [4.78, 5) is 17.3. The molecular weight excluding hydrogens is 463 g/mol. The van der Waals surface area contributed by atoms with Crippen molar-refractivity contribution in [3.63, 3.8) is 0 Å². The molecule has 2 aromatic heterocycles. The summed E-state index contributed by atoms with van der Waals surface area (Å²) in [7, 11) is 0. The highest BCUT2D eigenvalue weighted by atomic mass is 32.1. The first-order valence-corrected chi connectivity index (χ1v) is 12.0. The molecule has 0 aliphatic heterocycles. The summed E-state index contributed by atoms with van der Waals surface area (Å²) in [6.45, 7) is 6.19. The molecule has 35 heavy (non-hydrogen) atoms. The van der Waals surface area contributed by atoms with Crippen molar-refractivity contribution < 1.29 is 18.3 Å². The third-order valence-corrected chi connectivity index (χ3v) is 6.74. The van der Waals surface area contributed by atoms with Gasteiger partial charge in [-0.25, -0.2) is 9.37 Å². The number of carbonyl (C=O) groups is 1. The molecule has 1 amide bonds. The van der Waals surface area contributed by atoms with Gasteiger partial charge in [0, 0.05) is 28.2 Å². The second-order valence-electron chi connectivity index (χ2n) is 8.15. The summed E-state index contributed by atoms with van der Waals surface area (Å²) in [5, 5.41) is 4.28. The number of para-hydroxylation sites is 1. The van der Waals surface area contributed by atoms with E-state index >= 15 is 0 Å². The molecule has 2 heterocycles. The Bertz CT molecular complexity index is 1550. The van der Waals surface area contributed by atoms with E-state index in [9.17, 15) is 9.18 Å². The molecule has 3 aromatic carbocycles. The number of carbonyl (C=O) groups excluding carboxylic acids is 1. The molecule has 0 saturated heterocycles. The van der Waals surface area contributed by atoms with E-state index in [0.717, 1.165) is 43.4 Å². The fraction of sp³-hybridized carbons (Fsp3) is 0.143. The van der Waals surface area contributed by atoms with Crippen molar-refractivity contribution in [3.8, 4) is 16.9 Å². The average Bonchev–Trinajstić information content (AvgIpc) is 3.45. The third-order valence-electron chi connectivity index (χ3n) is 5.78. The fourth-order valence-corrected chi connectivity index (χ4v) is 5.00. The predicted octanol–water partition coefficient (Wildman–Crippen LogP) is 7.60. The van der Waals surface area contributed by atoms with E-state index in [4.69, 9.17) is 9.15 Å². The molecular formula is C28H23FN2O3S. The molecule has 7 heteroatoms. The molecule has 0 aliphatic carbocycles. The summed E-state index contributed by atoms with van der Waals surface area (Å²) >= 11 is 1.43. The lowest BCUT2D eigenvalue weighted by Crippen LogP contribution is -2.08. The van der Waals surface area contributed by atoms with E-state index in [-0.39, 0.29) is 11.7 Å². The van der Waals surface area contributed by atoms with Crippen LogP contribution in [0.5, 0.6) is 5.75 Å². The van der Waals surface area contributed by atoms with Crippen molar-refractivity contribution in [2.75, 3.05) is 11.9 Å². The monoisotopic (exact) mass is 486 g/mol. The SMILES string of the molecule is CCOc1c(/C(C)=C/C(=O)Nc2nc3ccccc3s2)cc2c(-c3ccc(F)cc3)coc2c1C. The van der Waals surface area contributed by atoms with Gasteiger partial charge in [-0.3, -0.25) is 10.1 Å². The Morgan fingerprint density at radius 1 is 1.20 bits per heavy atom. The van der Waals surface area contributed by atoms with Crippen LogP contribution in [0.25, 0.3) is 37.9 Å². The molecule has 0 bridgehead atoms. The number of amides is 1. The maximum absolute atomic E-state index is 13.5. The maximum atomic E-state index is 13.5. The predicted molar refractivity (Wildman–Crippen MR) is 139 cm³/mol. The molecule has 1 N–H and O–H groups in total.